The van der Waals surface area contributed by atoms with E-state index in [1.165, 1.54) is 18.1 Å². The molecule has 0 radical (unpaired) electrons. The van der Waals surface area contributed by atoms with Crippen LogP contribution in [-0.4, -0.2) is 31.6 Å². The molecular weight excluding hydrogens is 479 g/mol. The van der Waals surface area contributed by atoms with Gasteiger partial charge >= 0.3 is 0 Å². The Kier molecular flexibility index (Phi) is 11.8. The van der Waals surface area contributed by atoms with Gasteiger partial charge in [0, 0.05) is 25.2 Å². The number of nitrogens with one attached hydrogen (secondary N) is 3. The molecule has 2 rings (SSSR count). The van der Waals surface area contributed by atoms with Gasteiger partial charge < -0.3 is 20.7 Å². The second-order valence-electron chi connectivity index (χ2n) is 6.30. The van der Waals surface area contributed by atoms with Gasteiger partial charge in [0.15, 0.2) is 5.96 Å². The molecule has 0 unspecified atom stereocenters. The molecule has 0 spiro atoms. The van der Waals surface area contributed by atoms with Crippen LogP contribution in [-0.2, 0) is 17.8 Å². The number of aliphatic imine (C=N–C) groups is 1. The Balaban J connectivity index is 0.00000420. The van der Waals surface area contributed by atoms with Crippen LogP contribution < -0.4 is 20.7 Å². The van der Waals surface area contributed by atoms with Crippen molar-refractivity contribution in [2.24, 2.45) is 4.99 Å². The van der Waals surface area contributed by atoms with Crippen molar-refractivity contribution >= 4 is 41.5 Å². The largest absolute Gasteiger partial charge is 0.492 e. The highest BCUT2D eigenvalue weighted by atomic mass is 127. The Bertz CT molecular complexity index is 796. The predicted molar refractivity (Wildman–Crippen MR) is 130 cm³/mol. The fourth-order valence-corrected chi connectivity index (χ4v) is 2.77. The van der Waals surface area contributed by atoms with Crippen LogP contribution in [0.3, 0.4) is 0 Å². The van der Waals surface area contributed by atoms with E-state index in [9.17, 15) is 4.79 Å². The minimum absolute atomic E-state index is 0. The molecule has 0 aliphatic carbocycles. The van der Waals surface area contributed by atoms with Gasteiger partial charge in [-0.1, -0.05) is 37.3 Å². The van der Waals surface area contributed by atoms with Gasteiger partial charge in [0.1, 0.15) is 12.4 Å². The average molecular weight is 510 g/mol. The van der Waals surface area contributed by atoms with Gasteiger partial charge in [0.25, 0.3) is 0 Å². The lowest BCUT2D eigenvalue weighted by atomic mass is 10.1. The number of rotatable bonds is 9. The van der Waals surface area contributed by atoms with Crippen LogP contribution in [0.2, 0.25) is 0 Å². The molecule has 2 aromatic carbocycles. The first kappa shape index (κ1) is 24.7. The molecule has 158 valence electrons. The molecule has 0 atom stereocenters. The third-order valence-electron chi connectivity index (χ3n) is 4.07. The van der Waals surface area contributed by atoms with E-state index in [0.717, 1.165) is 24.6 Å². The van der Waals surface area contributed by atoms with Crippen molar-refractivity contribution in [1.29, 1.82) is 0 Å². The third kappa shape index (κ3) is 9.17. The van der Waals surface area contributed by atoms with E-state index in [2.05, 4.69) is 46.1 Å². The second kappa shape index (κ2) is 13.8. The summed E-state index contributed by atoms with van der Waals surface area (Å²) < 4.78 is 5.76. The van der Waals surface area contributed by atoms with Crippen molar-refractivity contribution < 1.29 is 9.53 Å². The number of carbonyl (C=O) groups is 1. The van der Waals surface area contributed by atoms with Gasteiger partial charge in [-0.2, -0.15) is 0 Å². The number of carbonyl (C=O) groups excluding carboxylic acids is 1. The van der Waals surface area contributed by atoms with E-state index in [0.29, 0.717) is 25.4 Å². The van der Waals surface area contributed by atoms with E-state index >= 15 is 0 Å². The SMILES string of the molecule is CCNC(=NCc1ccccc1CC)NCCOc1cccc(NC(C)=O)c1.I. The number of halogens is 1. The van der Waals surface area contributed by atoms with Gasteiger partial charge in [0.05, 0.1) is 13.1 Å². The number of ether oxygens (including phenoxy) is 1. The maximum atomic E-state index is 11.1. The molecule has 2 aromatic rings. The van der Waals surface area contributed by atoms with Crippen molar-refractivity contribution in [3.05, 3.63) is 59.7 Å². The molecular formula is C22H31IN4O2. The minimum Gasteiger partial charge on any atom is -0.492 e. The predicted octanol–water partition coefficient (Wildman–Crippen LogP) is 3.96. The lowest BCUT2D eigenvalue weighted by Crippen LogP contribution is -2.39. The topological polar surface area (TPSA) is 74.8 Å². The van der Waals surface area contributed by atoms with Crippen LogP contribution in [0.25, 0.3) is 0 Å². The standard InChI is InChI=1S/C22H30N4O2.HI/c1-4-18-9-6-7-10-19(18)16-25-22(23-5-2)24-13-14-28-21-12-8-11-20(15-21)26-17(3)27;/h6-12,15H,4-5,13-14,16H2,1-3H3,(H,26,27)(H2,23,24,25);1H. The number of amides is 1. The van der Waals surface area contributed by atoms with Crippen LogP contribution in [0.15, 0.2) is 53.5 Å². The monoisotopic (exact) mass is 510 g/mol. The highest BCUT2D eigenvalue weighted by Gasteiger charge is 2.02. The van der Waals surface area contributed by atoms with E-state index in [-0.39, 0.29) is 29.9 Å². The summed E-state index contributed by atoms with van der Waals surface area (Å²) >= 11 is 0. The zero-order valence-corrected chi connectivity index (χ0v) is 19.7. The van der Waals surface area contributed by atoms with Crippen molar-refractivity contribution in [3.63, 3.8) is 0 Å². The molecule has 29 heavy (non-hydrogen) atoms. The number of benzene rings is 2. The first-order valence-electron chi connectivity index (χ1n) is 9.71. The average Bonchev–Trinajstić information content (AvgIpc) is 2.69. The normalized spacial score (nSPS) is 10.7. The molecule has 7 heteroatoms. The summed E-state index contributed by atoms with van der Waals surface area (Å²) in [5.41, 5.74) is 3.29. The lowest BCUT2D eigenvalue weighted by Gasteiger charge is -2.13. The number of hydrogen-bond donors (Lipinski definition) is 3. The van der Waals surface area contributed by atoms with Crippen molar-refractivity contribution in [1.82, 2.24) is 10.6 Å². The highest BCUT2D eigenvalue weighted by molar-refractivity contribution is 14.0. The number of hydrogen-bond acceptors (Lipinski definition) is 3. The van der Waals surface area contributed by atoms with Gasteiger partial charge in [-0.15, -0.1) is 24.0 Å². The first-order valence-corrected chi connectivity index (χ1v) is 9.71. The number of aryl methyl sites for hydroxylation is 1. The molecule has 3 N–H and O–H groups in total. The molecule has 0 fully saturated rings. The number of anilines is 1. The van der Waals surface area contributed by atoms with Crippen LogP contribution in [0.1, 0.15) is 31.9 Å². The van der Waals surface area contributed by atoms with Crippen LogP contribution in [0.4, 0.5) is 5.69 Å². The van der Waals surface area contributed by atoms with Crippen LogP contribution >= 0.6 is 24.0 Å². The lowest BCUT2D eigenvalue weighted by molar-refractivity contribution is -0.114. The fourth-order valence-electron chi connectivity index (χ4n) is 2.77. The molecule has 0 aromatic heterocycles. The zero-order valence-electron chi connectivity index (χ0n) is 17.3. The Hall–Kier alpha value is -2.29. The second-order valence-corrected chi connectivity index (χ2v) is 6.30. The molecule has 0 bridgehead atoms. The molecule has 0 saturated heterocycles. The summed E-state index contributed by atoms with van der Waals surface area (Å²) in [4.78, 5) is 15.8. The van der Waals surface area contributed by atoms with E-state index in [4.69, 9.17) is 4.74 Å². The van der Waals surface area contributed by atoms with Crippen LogP contribution in [0, 0.1) is 0 Å². The van der Waals surface area contributed by atoms with Crippen molar-refractivity contribution in [2.75, 3.05) is 25.0 Å². The molecule has 1 amide bonds. The maximum absolute atomic E-state index is 11.1. The number of nitrogens with zero attached hydrogens (tertiary/aromatic N) is 1. The summed E-state index contributed by atoms with van der Waals surface area (Å²) in [5, 5.41) is 9.29. The highest BCUT2D eigenvalue weighted by Crippen LogP contribution is 2.17. The van der Waals surface area contributed by atoms with Gasteiger partial charge in [-0.05, 0) is 36.6 Å². The molecule has 0 aliphatic heterocycles. The number of guanidine groups is 1. The van der Waals surface area contributed by atoms with Gasteiger partial charge in [0.2, 0.25) is 5.91 Å². The quantitative estimate of drug-likeness (QED) is 0.207. The Morgan fingerprint density at radius 3 is 2.48 bits per heavy atom. The molecule has 6 nitrogen and oxygen atoms in total. The summed E-state index contributed by atoms with van der Waals surface area (Å²) in [6.45, 7) is 8.22. The summed E-state index contributed by atoms with van der Waals surface area (Å²) in [7, 11) is 0. The minimum atomic E-state index is -0.102. The summed E-state index contributed by atoms with van der Waals surface area (Å²) in [6.07, 6.45) is 1.00. The summed E-state index contributed by atoms with van der Waals surface area (Å²) in [5.74, 6) is 1.38. The smallest absolute Gasteiger partial charge is 0.221 e. The van der Waals surface area contributed by atoms with Crippen molar-refractivity contribution in [2.45, 2.75) is 33.7 Å². The summed E-state index contributed by atoms with van der Waals surface area (Å²) in [6, 6.07) is 15.7. The molecule has 0 saturated carbocycles. The van der Waals surface area contributed by atoms with Gasteiger partial charge in [-0.3, -0.25) is 4.79 Å². The zero-order chi connectivity index (χ0) is 20.2. The fraction of sp³-hybridized carbons (Fsp3) is 0.364. The van der Waals surface area contributed by atoms with E-state index < -0.39 is 0 Å². The van der Waals surface area contributed by atoms with E-state index in [1.54, 1.807) is 0 Å². The Labute approximate surface area is 190 Å². The van der Waals surface area contributed by atoms with Crippen molar-refractivity contribution in [3.8, 4) is 5.75 Å². The maximum Gasteiger partial charge on any atom is 0.221 e. The van der Waals surface area contributed by atoms with Gasteiger partial charge in [-0.25, -0.2) is 4.99 Å². The Morgan fingerprint density at radius 2 is 1.79 bits per heavy atom. The van der Waals surface area contributed by atoms with E-state index in [1.807, 2.05) is 37.3 Å². The third-order valence-corrected chi connectivity index (χ3v) is 4.07. The van der Waals surface area contributed by atoms with Crippen LogP contribution in [0.5, 0.6) is 5.75 Å². The Morgan fingerprint density at radius 1 is 1.03 bits per heavy atom. The molecule has 0 heterocycles. The first-order chi connectivity index (χ1) is 13.6. The molecule has 0 aliphatic rings.